The Kier molecular flexibility index (Phi) is 4.22. The minimum Gasteiger partial charge on any atom is -0.370 e. The fraction of sp³-hybridized carbons (Fsp3) is 0.778. The topological polar surface area (TPSA) is 91.0 Å². The molecule has 0 spiro atoms. The lowest BCUT2D eigenvalue weighted by molar-refractivity contribution is -0.120. The lowest BCUT2D eigenvalue weighted by Gasteiger charge is -2.22. The molecule has 0 bridgehead atoms. The number of guanidine groups is 1. The van der Waals surface area contributed by atoms with Gasteiger partial charge in [0.05, 0.1) is 6.54 Å². The zero-order valence-corrected chi connectivity index (χ0v) is 8.31. The van der Waals surface area contributed by atoms with E-state index in [1.165, 1.54) is 19.3 Å². The molecule has 0 aliphatic heterocycles. The van der Waals surface area contributed by atoms with E-state index in [-0.39, 0.29) is 18.4 Å². The summed E-state index contributed by atoms with van der Waals surface area (Å²) < 4.78 is 0. The maximum atomic E-state index is 11.3. The molecule has 0 aromatic heterocycles. The zero-order chi connectivity index (χ0) is 10.4. The fourth-order valence-corrected chi connectivity index (χ4v) is 1.70. The molecule has 0 aromatic carbocycles. The molecule has 1 amide bonds. The van der Waals surface area contributed by atoms with Crippen molar-refractivity contribution in [2.24, 2.45) is 5.73 Å². The van der Waals surface area contributed by atoms with E-state index in [4.69, 9.17) is 11.1 Å². The number of rotatable bonds is 3. The van der Waals surface area contributed by atoms with Gasteiger partial charge in [-0.1, -0.05) is 19.3 Å². The van der Waals surface area contributed by atoms with Crippen molar-refractivity contribution in [3.05, 3.63) is 0 Å². The van der Waals surface area contributed by atoms with E-state index in [1.54, 1.807) is 0 Å². The molecule has 5 heteroatoms. The molecule has 80 valence electrons. The molecule has 14 heavy (non-hydrogen) atoms. The Hall–Kier alpha value is -1.26. The van der Waals surface area contributed by atoms with E-state index in [1.807, 2.05) is 0 Å². The molecule has 5 nitrogen and oxygen atoms in total. The second-order valence-corrected chi connectivity index (χ2v) is 3.67. The summed E-state index contributed by atoms with van der Waals surface area (Å²) in [5, 5.41) is 12.3. The van der Waals surface area contributed by atoms with E-state index in [2.05, 4.69) is 10.6 Å². The molecule has 1 saturated carbocycles. The molecule has 1 rings (SSSR count). The smallest absolute Gasteiger partial charge is 0.239 e. The zero-order valence-electron chi connectivity index (χ0n) is 8.31. The largest absolute Gasteiger partial charge is 0.370 e. The van der Waals surface area contributed by atoms with Crippen molar-refractivity contribution in [2.75, 3.05) is 6.54 Å². The number of amides is 1. The van der Waals surface area contributed by atoms with Gasteiger partial charge in [-0.3, -0.25) is 10.2 Å². The quantitative estimate of drug-likeness (QED) is 0.377. The molecule has 1 aliphatic carbocycles. The average Bonchev–Trinajstić information content (AvgIpc) is 2.16. The molecule has 0 atom stereocenters. The number of carbonyl (C=O) groups excluding carboxylic acids is 1. The number of hydrogen-bond donors (Lipinski definition) is 4. The molecule has 0 aromatic rings. The van der Waals surface area contributed by atoms with Crippen molar-refractivity contribution < 1.29 is 4.79 Å². The Morgan fingerprint density at radius 3 is 2.57 bits per heavy atom. The lowest BCUT2D eigenvalue weighted by Crippen LogP contribution is -2.44. The number of nitrogens with one attached hydrogen (secondary N) is 3. The predicted octanol–water partition coefficient (Wildman–Crippen LogP) is -0.0816. The van der Waals surface area contributed by atoms with Crippen molar-refractivity contribution in [3.63, 3.8) is 0 Å². The monoisotopic (exact) mass is 198 g/mol. The highest BCUT2D eigenvalue weighted by Gasteiger charge is 2.15. The summed E-state index contributed by atoms with van der Waals surface area (Å²) in [5.74, 6) is -0.240. The van der Waals surface area contributed by atoms with Gasteiger partial charge in [0.1, 0.15) is 0 Å². The van der Waals surface area contributed by atoms with E-state index in [0.717, 1.165) is 12.8 Å². The van der Waals surface area contributed by atoms with Crippen LogP contribution in [-0.2, 0) is 4.79 Å². The number of carbonyl (C=O) groups is 1. The Morgan fingerprint density at radius 1 is 1.36 bits per heavy atom. The molecule has 0 radical (unpaired) electrons. The molecular formula is C9H18N4O. The van der Waals surface area contributed by atoms with Gasteiger partial charge in [-0.15, -0.1) is 0 Å². The maximum Gasteiger partial charge on any atom is 0.239 e. The molecule has 5 N–H and O–H groups in total. The standard InChI is InChI=1S/C9H18N4O/c10-9(11)12-6-8(14)13-7-4-2-1-3-5-7/h7H,1-6H2,(H,13,14)(H4,10,11,12). The van der Waals surface area contributed by atoms with Crippen LogP contribution in [0.1, 0.15) is 32.1 Å². The van der Waals surface area contributed by atoms with Crippen molar-refractivity contribution >= 4 is 11.9 Å². The van der Waals surface area contributed by atoms with Gasteiger partial charge in [-0.25, -0.2) is 0 Å². The third-order valence-corrected chi connectivity index (χ3v) is 2.41. The van der Waals surface area contributed by atoms with Gasteiger partial charge in [0.25, 0.3) is 0 Å². The highest BCUT2D eigenvalue weighted by Crippen LogP contribution is 2.16. The molecule has 0 unspecified atom stereocenters. The summed E-state index contributed by atoms with van der Waals surface area (Å²) in [6.45, 7) is 0.103. The molecule has 0 saturated heterocycles. The highest BCUT2D eigenvalue weighted by molar-refractivity contribution is 5.84. The normalized spacial score (nSPS) is 17.4. The Bertz CT molecular complexity index is 211. The first-order valence-electron chi connectivity index (χ1n) is 5.06. The third kappa shape index (κ3) is 4.11. The molecule has 0 heterocycles. The van der Waals surface area contributed by atoms with Crippen LogP contribution in [0.3, 0.4) is 0 Å². The summed E-state index contributed by atoms with van der Waals surface area (Å²) in [6, 6.07) is 0.324. The summed E-state index contributed by atoms with van der Waals surface area (Å²) in [5.41, 5.74) is 5.07. The first-order valence-corrected chi connectivity index (χ1v) is 5.06. The van der Waals surface area contributed by atoms with E-state index in [0.29, 0.717) is 6.04 Å². The van der Waals surface area contributed by atoms with Gasteiger partial charge in [-0.2, -0.15) is 0 Å². The minimum absolute atomic E-state index is 0.0768. The number of nitrogens with two attached hydrogens (primary N) is 1. The minimum atomic E-state index is -0.163. The van der Waals surface area contributed by atoms with Crippen LogP contribution in [0, 0.1) is 5.41 Å². The van der Waals surface area contributed by atoms with Crippen LogP contribution in [-0.4, -0.2) is 24.5 Å². The fourth-order valence-electron chi connectivity index (χ4n) is 1.70. The third-order valence-electron chi connectivity index (χ3n) is 2.41. The molecular weight excluding hydrogens is 180 g/mol. The summed E-state index contributed by atoms with van der Waals surface area (Å²) >= 11 is 0. The maximum absolute atomic E-state index is 11.3. The lowest BCUT2D eigenvalue weighted by atomic mass is 9.95. The summed E-state index contributed by atoms with van der Waals surface area (Å²) in [4.78, 5) is 11.3. The van der Waals surface area contributed by atoms with Gasteiger partial charge in [-0.05, 0) is 12.8 Å². The van der Waals surface area contributed by atoms with Crippen LogP contribution in [0.4, 0.5) is 0 Å². The number of hydrogen-bond acceptors (Lipinski definition) is 2. The molecule has 1 fully saturated rings. The van der Waals surface area contributed by atoms with Crippen LogP contribution in [0.15, 0.2) is 0 Å². The predicted molar refractivity (Wildman–Crippen MR) is 54.9 cm³/mol. The summed E-state index contributed by atoms with van der Waals surface area (Å²) in [6.07, 6.45) is 5.83. The highest BCUT2D eigenvalue weighted by atomic mass is 16.2. The average molecular weight is 198 g/mol. The Morgan fingerprint density at radius 2 is 2.00 bits per heavy atom. The molecule has 1 aliphatic rings. The van der Waals surface area contributed by atoms with Crippen molar-refractivity contribution in [1.82, 2.24) is 10.6 Å². The SMILES string of the molecule is N=C(N)NCC(=O)NC1CCCCC1. The van der Waals surface area contributed by atoms with E-state index >= 15 is 0 Å². The van der Waals surface area contributed by atoms with Crippen molar-refractivity contribution in [3.8, 4) is 0 Å². The first kappa shape index (κ1) is 10.8. The Labute approximate surface area is 83.9 Å². The summed E-state index contributed by atoms with van der Waals surface area (Å²) in [7, 11) is 0. The Balaban J connectivity index is 2.15. The van der Waals surface area contributed by atoms with Crippen LogP contribution in [0.5, 0.6) is 0 Å². The van der Waals surface area contributed by atoms with Crippen LogP contribution in [0.2, 0.25) is 0 Å². The van der Waals surface area contributed by atoms with Gasteiger partial charge in [0.2, 0.25) is 5.91 Å². The second kappa shape index (κ2) is 5.47. The van der Waals surface area contributed by atoms with E-state index < -0.39 is 0 Å². The van der Waals surface area contributed by atoms with Crippen LogP contribution in [0.25, 0.3) is 0 Å². The van der Waals surface area contributed by atoms with E-state index in [9.17, 15) is 4.79 Å². The van der Waals surface area contributed by atoms with Gasteiger partial charge >= 0.3 is 0 Å². The van der Waals surface area contributed by atoms with Gasteiger partial charge in [0, 0.05) is 6.04 Å². The van der Waals surface area contributed by atoms with Crippen molar-refractivity contribution in [1.29, 1.82) is 5.41 Å². The van der Waals surface area contributed by atoms with Gasteiger partial charge in [0.15, 0.2) is 5.96 Å². The second-order valence-electron chi connectivity index (χ2n) is 3.67. The first-order chi connectivity index (χ1) is 6.68. The van der Waals surface area contributed by atoms with Gasteiger partial charge < -0.3 is 16.4 Å². The van der Waals surface area contributed by atoms with Crippen molar-refractivity contribution in [2.45, 2.75) is 38.1 Å². The van der Waals surface area contributed by atoms with Crippen LogP contribution >= 0.6 is 0 Å². The van der Waals surface area contributed by atoms with Crippen LogP contribution < -0.4 is 16.4 Å².